The minimum absolute atomic E-state index is 0.278. The van der Waals surface area contributed by atoms with Crippen LogP contribution in [0, 0.1) is 0 Å². The molecule has 0 aliphatic rings. The van der Waals surface area contributed by atoms with E-state index in [0.29, 0.717) is 0 Å². The summed E-state index contributed by atoms with van der Waals surface area (Å²) in [6.45, 7) is 7.03. The van der Waals surface area contributed by atoms with E-state index in [0.717, 1.165) is 5.57 Å². The maximum atomic E-state index is 8.70. The second-order valence-corrected chi connectivity index (χ2v) is 1.59. The molecule has 1 nitrogen and oxygen atoms in total. The number of allylic oxidation sites excluding steroid dienone is 2. The van der Waals surface area contributed by atoms with E-state index < -0.39 is 0 Å². The number of aliphatic hydroxyl groups excluding tert-OH is 1. The van der Waals surface area contributed by atoms with Gasteiger partial charge in [0, 0.05) is 0 Å². The van der Waals surface area contributed by atoms with Crippen LogP contribution >= 0.6 is 0 Å². The van der Waals surface area contributed by atoms with Crippen molar-refractivity contribution in [3.8, 4) is 0 Å². The van der Waals surface area contributed by atoms with Gasteiger partial charge < -0.3 is 5.11 Å². The molecule has 0 aliphatic carbocycles. The standard InChI is InChI=1S/C6H10O/c1-4-6(7)5(2)3/h4,7H,1H2,2-3H3. The van der Waals surface area contributed by atoms with Crippen molar-refractivity contribution in [2.75, 3.05) is 0 Å². The van der Waals surface area contributed by atoms with Crippen LogP contribution in [0.15, 0.2) is 24.0 Å². The second kappa shape index (κ2) is 2.45. The summed E-state index contributed by atoms with van der Waals surface area (Å²) in [5.74, 6) is 0.278. The lowest BCUT2D eigenvalue weighted by Gasteiger charge is -1.89. The van der Waals surface area contributed by atoms with Gasteiger partial charge in [-0.3, -0.25) is 0 Å². The van der Waals surface area contributed by atoms with E-state index in [1.165, 1.54) is 6.08 Å². The van der Waals surface area contributed by atoms with Crippen LogP contribution in [0.3, 0.4) is 0 Å². The van der Waals surface area contributed by atoms with Crippen molar-refractivity contribution < 1.29 is 5.11 Å². The van der Waals surface area contributed by atoms with Gasteiger partial charge in [0.05, 0.1) is 0 Å². The van der Waals surface area contributed by atoms with Gasteiger partial charge in [0.15, 0.2) is 0 Å². The van der Waals surface area contributed by atoms with Gasteiger partial charge in [-0.05, 0) is 25.5 Å². The van der Waals surface area contributed by atoms with Crippen molar-refractivity contribution in [2.24, 2.45) is 0 Å². The van der Waals surface area contributed by atoms with E-state index in [2.05, 4.69) is 6.58 Å². The fraction of sp³-hybridized carbons (Fsp3) is 0.333. The molecule has 0 aromatic rings. The fourth-order valence-electron chi connectivity index (χ4n) is 0.204. The van der Waals surface area contributed by atoms with E-state index in [1.54, 1.807) is 0 Å². The van der Waals surface area contributed by atoms with Crippen LogP contribution in [0.5, 0.6) is 0 Å². The molecule has 0 fully saturated rings. The normalized spacial score (nSPS) is 7.71. The first-order chi connectivity index (χ1) is 3.18. The Balaban J connectivity index is 3.98. The second-order valence-electron chi connectivity index (χ2n) is 1.59. The van der Waals surface area contributed by atoms with E-state index >= 15 is 0 Å². The molecule has 0 radical (unpaired) electrons. The van der Waals surface area contributed by atoms with Gasteiger partial charge in [-0.15, -0.1) is 0 Å². The molecular formula is C6H10O. The Morgan fingerprint density at radius 1 is 1.57 bits per heavy atom. The van der Waals surface area contributed by atoms with Crippen molar-refractivity contribution in [2.45, 2.75) is 13.8 Å². The maximum absolute atomic E-state index is 8.70. The molecule has 40 valence electrons. The van der Waals surface area contributed by atoms with Crippen LogP contribution in [-0.2, 0) is 0 Å². The highest BCUT2D eigenvalue weighted by atomic mass is 16.3. The lowest BCUT2D eigenvalue weighted by molar-refractivity contribution is 0.426. The molecule has 7 heavy (non-hydrogen) atoms. The van der Waals surface area contributed by atoms with Gasteiger partial charge in [0.25, 0.3) is 0 Å². The minimum atomic E-state index is 0.278. The lowest BCUT2D eigenvalue weighted by atomic mass is 10.3. The molecule has 1 heteroatoms. The summed E-state index contributed by atoms with van der Waals surface area (Å²) in [6.07, 6.45) is 1.43. The van der Waals surface area contributed by atoms with E-state index in [4.69, 9.17) is 5.11 Å². The van der Waals surface area contributed by atoms with Crippen molar-refractivity contribution >= 4 is 0 Å². The molecule has 0 spiro atoms. The Morgan fingerprint density at radius 2 is 2.00 bits per heavy atom. The van der Waals surface area contributed by atoms with Gasteiger partial charge in [0.2, 0.25) is 0 Å². The first-order valence-corrected chi connectivity index (χ1v) is 2.17. The quantitative estimate of drug-likeness (QED) is 0.393. The molecule has 0 aromatic heterocycles. The molecular weight excluding hydrogens is 88.1 g/mol. The fourth-order valence-corrected chi connectivity index (χ4v) is 0.204. The van der Waals surface area contributed by atoms with Crippen LogP contribution in [0.1, 0.15) is 13.8 Å². The van der Waals surface area contributed by atoms with Crippen LogP contribution in [0.25, 0.3) is 0 Å². The molecule has 0 rings (SSSR count). The Labute approximate surface area is 44.0 Å². The van der Waals surface area contributed by atoms with E-state index in [-0.39, 0.29) is 5.76 Å². The first-order valence-electron chi connectivity index (χ1n) is 2.17. The SMILES string of the molecule is C=CC(O)=C(C)C. The van der Waals surface area contributed by atoms with Crippen molar-refractivity contribution in [3.05, 3.63) is 24.0 Å². The van der Waals surface area contributed by atoms with Crippen molar-refractivity contribution in [1.82, 2.24) is 0 Å². The average molecular weight is 98.1 g/mol. The van der Waals surface area contributed by atoms with Gasteiger partial charge in [-0.25, -0.2) is 0 Å². The zero-order valence-electron chi connectivity index (χ0n) is 4.73. The zero-order chi connectivity index (χ0) is 5.86. The maximum Gasteiger partial charge on any atom is 0.113 e. The summed E-state index contributed by atoms with van der Waals surface area (Å²) >= 11 is 0. The Morgan fingerprint density at radius 3 is 2.00 bits per heavy atom. The molecule has 0 unspecified atom stereocenters. The highest BCUT2D eigenvalue weighted by Crippen LogP contribution is 1.96. The molecule has 0 aromatic carbocycles. The number of hydrogen-bond donors (Lipinski definition) is 1. The molecule has 0 bridgehead atoms. The highest BCUT2D eigenvalue weighted by Gasteiger charge is 1.82. The van der Waals surface area contributed by atoms with Crippen molar-refractivity contribution in [1.29, 1.82) is 0 Å². The van der Waals surface area contributed by atoms with E-state index in [1.807, 2.05) is 13.8 Å². The summed E-state index contributed by atoms with van der Waals surface area (Å²) in [7, 11) is 0. The zero-order valence-corrected chi connectivity index (χ0v) is 4.73. The number of hydrogen-bond acceptors (Lipinski definition) is 1. The van der Waals surface area contributed by atoms with Gasteiger partial charge >= 0.3 is 0 Å². The third-order valence-electron chi connectivity index (χ3n) is 0.706. The third kappa shape index (κ3) is 2.04. The smallest absolute Gasteiger partial charge is 0.113 e. The lowest BCUT2D eigenvalue weighted by Crippen LogP contribution is -1.74. The first kappa shape index (κ1) is 6.28. The molecule has 0 saturated heterocycles. The third-order valence-corrected chi connectivity index (χ3v) is 0.706. The van der Waals surface area contributed by atoms with Crippen LogP contribution in [0.4, 0.5) is 0 Å². The highest BCUT2D eigenvalue weighted by molar-refractivity contribution is 5.12. The Kier molecular flexibility index (Phi) is 2.20. The van der Waals surface area contributed by atoms with Gasteiger partial charge in [-0.2, -0.15) is 0 Å². The summed E-state index contributed by atoms with van der Waals surface area (Å²) < 4.78 is 0. The van der Waals surface area contributed by atoms with Gasteiger partial charge in [0.1, 0.15) is 5.76 Å². The average Bonchev–Trinajstić information content (AvgIpc) is 1.65. The topological polar surface area (TPSA) is 20.2 Å². The molecule has 0 saturated carbocycles. The van der Waals surface area contributed by atoms with Crippen LogP contribution in [0.2, 0.25) is 0 Å². The monoisotopic (exact) mass is 98.1 g/mol. The summed E-state index contributed by atoms with van der Waals surface area (Å²) in [5, 5.41) is 8.70. The molecule has 0 heterocycles. The van der Waals surface area contributed by atoms with E-state index in [9.17, 15) is 0 Å². The summed E-state index contributed by atoms with van der Waals surface area (Å²) in [5.41, 5.74) is 0.898. The van der Waals surface area contributed by atoms with Crippen LogP contribution in [-0.4, -0.2) is 5.11 Å². The Hall–Kier alpha value is -0.720. The van der Waals surface area contributed by atoms with Gasteiger partial charge in [-0.1, -0.05) is 6.58 Å². The molecule has 0 atom stereocenters. The summed E-state index contributed by atoms with van der Waals surface area (Å²) in [6, 6.07) is 0. The Bertz CT molecular complexity index is 96.7. The largest absolute Gasteiger partial charge is 0.508 e. The van der Waals surface area contributed by atoms with Crippen molar-refractivity contribution in [3.63, 3.8) is 0 Å². The minimum Gasteiger partial charge on any atom is -0.508 e. The molecule has 0 aliphatic heterocycles. The predicted molar refractivity (Wildman–Crippen MR) is 31.2 cm³/mol. The summed E-state index contributed by atoms with van der Waals surface area (Å²) in [4.78, 5) is 0. The number of rotatable bonds is 1. The molecule has 1 N–H and O–H groups in total. The number of aliphatic hydroxyl groups is 1. The van der Waals surface area contributed by atoms with Crippen LogP contribution < -0.4 is 0 Å². The predicted octanol–water partition coefficient (Wildman–Crippen LogP) is 2.02. The molecule has 0 amide bonds.